The van der Waals surface area contributed by atoms with Gasteiger partial charge in [0.1, 0.15) is 8.39 Å². The molecular weight excluding hydrogens is 210 g/mol. The SMILES string of the molecule is O=[N+]([O-])C(C(=S)S)C(=S)S. The minimum absolute atomic E-state index is 0.0648. The van der Waals surface area contributed by atoms with Crippen LogP contribution in [0.1, 0.15) is 0 Å². The minimum atomic E-state index is -1.20. The molecule has 0 radical (unpaired) electrons. The van der Waals surface area contributed by atoms with Crippen molar-refractivity contribution in [3.05, 3.63) is 10.1 Å². The van der Waals surface area contributed by atoms with E-state index in [1.807, 2.05) is 0 Å². The Morgan fingerprint density at radius 2 is 1.70 bits per heavy atom. The summed E-state index contributed by atoms with van der Waals surface area (Å²) in [6, 6.07) is -1.20. The minimum Gasteiger partial charge on any atom is -0.263 e. The van der Waals surface area contributed by atoms with Crippen LogP contribution in [0.15, 0.2) is 0 Å². The van der Waals surface area contributed by atoms with Crippen molar-refractivity contribution >= 4 is 58.1 Å². The summed E-state index contributed by atoms with van der Waals surface area (Å²) < 4.78 is -0.130. The first-order chi connectivity index (χ1) is 4.46. The second-order valence-electron chi connectivity index (χ2n) is 1.36. The molecule has 0 unspecified atom stereocenters. The third-order valence-electron chi connectivity index (χ3n) is 0.679. The molecule has 7 heteroatoms. The lowest BCUT2D eigenvalue weighted by Gasteiger charge is -2.02. The molecule has 0 aliphatic carbocycles. The fraction of sp³-hybridized carbons (Fsp3) is 0.333. The highest BCUT2D eigenvalue weighted by atomic mass is 32.1. The number of nitro groups is 1. The molecule has 0 atom stereocenters. The van der Waals surface area contributed by atoms with Crippen LogP contribution in [-0.4, -0.2) is 19.4 Å². The molecule has 0 N–H and O–H groups in total. The van der Waals surface area contributed by atoms with Crippen LogP contribution < -0.4 is 0 Å². The van der Waals surface area contributed by atoms with Gasteiger partial charge in [0.2, 0.25) is 0 Å². The molecule has 10 heavy (non-hydrogen) atoms. The van der Waals surface area contributed by atoms with Gasteiger partial charge in [0.15, 0.2) is 0 Å². The van der Waals surface area contributed by atoms with E-state index in [0.717, 1.165) is 0 Å². The third-order valence-corrected chi connectivity index (χ3v) is 1.61. The predicted molar refractivity (Wildman–Crippen MR) is 54.0 cm³/mol. The molecule has 0 aliphatic rings. The zero-order valence-corrected chi connectivity index (χ0v) is 7.97. The maximum atomic E-state index is 10.1. The Balaban J connectivity index is 4.43. The Morgan fingerprint density at radius 1 is 1.40 bits per heavy atom. The second kappa shape index (κ2) is 4.22. The van der Waals surface area contributed by atoms with Crippen LogP contribution in [0.25, 0.3) is 0 Å². The first-order valence-electron chi connectivity index (χ1n) is 2.06. The molecule has 3 nitrogen and oxygen atoms in total. The van der Waals surface area contributed by atoms with E-state index >= 15 is 0 Å². The van der Waals surface area contributed by atoms with Gasteiger partial charge in [0.25, 0.3) is 6.04 Å². The van der Waals surface area contributed by atoms with Crippen LogP contribution in [0.4, 0.5) is 0 Å². The Kier molecular flexibility index (Phi) is 4.34. The summed E-state index contributed by atoms with van der Waals surface area (Å²) in [5.41, 5.74) is 0. The summed E-state index contributed by atoms with van der Waals surface area (Å²) in [7, 11) is 0. The summed E-state index contributed by atoms with van der Waals surface area (Å²) in [6.07, 6.45) is 0. The predicted octanol–water partition coefficient (Wildman–Crippen LogP) is 1.15. The normalized spacial score (nSPS) is 9.50. The van der Waals surface area contributed by atoms with Crippen LogP contribution in [0, 0.1) is 10.1 Å². The lowest BCUT2D eigenvalue weighted by atomic mass is 10.4. The van der Waals surface area contributed by atoms with E-state index in [1.54, 1.807) is 0 Å². The van der Waals surface area contributed by atoms with Crippen LogP contribution in [0.2, 0.25) is 0 Å². The molecule has 0 aliphatic heterocycles. The third kappa shape index (κ3) is 2.91. The van der Waals surface area contributed by atoms with E-state index in [9.17, 15) is 10.1 Å². The number of thiocarbonyl (C=S) groups is 2. The van der Waals surface area contributed by atoms with E-state index in [2.05, 4.69) is 49.7 Å². The van der Waals surface area contributed by atoms with Crippen molar-refractivity contribution < 1.29 is 4.92 Å². The smallest absolute Gasteiger partial charge is 0.263 e. The summed E-state index contributed by atoms with van der Waals surface area (Å²) in [5, 5.41) is 10.1. The maximum Gasteiger partial charge on any atom is 0.293 e. The van der Waals surface area contributed by atoms with E-state index in [-0.39, 0.29) is 8.39 Å². The van der Waals surface area contributed by atoms with Crippen molar-refractivity contribution in [2.75, 3.05) is 0 Å². The molecule has 0 saturated heterocycles. The van der Waals surface area contributed by atoms with Gasteiger partial charge in [-0.25, -0.2) is 0 Å². The summed E-state index contributed by atoms with van der Waals surface area (Å²) in [5.74, 6) is 0. The highest BCUT2D eigenvalue weighted by Gasteiger charge is 2.26. The van der Waals surface area contributed by atoms with Crippen LogP contribution in [0.3, 0.4) is 0 Å². The Bertz CT molecular complexity index is 158. The number of rotatable bonds is 3. The molecule has 0 heterocycles. The average molecular weight is 213 g/mol. The van der Waals surface area contributed by atoms with E-state index in [4.69, 9.17) is 0 Å². The first-order valence-corrected chi connectivity index (χ1v) is 3.77. The molecule has 0 aromatic heterocycles. The van der Waals surface area contributed by atoms with Crippen LogP contribution >= 0.6 is 49.7 Å². The topological polar surface area (TPSA) is 43.1 Å². The standard InChI is InChI=1S/C3H3NO2S4/c5-4(6)1(2(7)8)3(9)10/h1H,(H,7,8)(H,9,10). The average Bonchev–Trinajstić information content (AvgIpc) is 1.59. The summed E-state index contributed by atoms with van der Waals surface area (Å²) in [4.78, 5) is 9.49. The van der Waals surface area contributed by atoms with Gasteiger partial charge >= 0.3 is 0 Å². The van der Waals surface area contributed by atoms with Crippen LogP contribution in [-0.2, 0) is 0 Å². The lowest BCUT2D eigenvalue weighted by Crippen LogP contribution is -2.29. The van der Waals surface area contributed by atoms with Gasteiger partial charge in [-0.3, -0.25) is 10.1 Å². The van der Waals surface area contributed by atoms with Gasteiger partial charge in [0, 0.05) is 4.92 Å². The van der Waals surface area contributed by atoms with Crippen molar-refractivity contribution in [3.8, 4) is 0 Å². The monoisotopic (exact) mass is 213 g/mol. The molecular formula is C3H3NO2S4. The van der Waals surface area contributed by atoms with Crippen LogP contribution in [0.5, 0.6) is 0 Å². The molecule has 0 rings (SSSR count). The molecule has 0 saturated carbocycles. The van der Waals surface area contributed by atoms with Crippen molar-refractivity contribution in [2.24, 2.45) is 0 Å². The fourth-order valence-electron chi connectivity index (χ4n) is 0.286. The van der Waals surface area contributed by atoms with Gasteiger partial charge in [-0.1, -0.05) is 24.4 Å². The highest BCUT2D eigenvalue weighted by Crippen LogP contribution is 2.04. The number of thiol groups is 2. The molecule has 0 amide bonds. The van der Waals surface area contributed by atoms with Gasteiger partial charge in [0.05, 0.1) is 0 Å². The quantitative estimate of drug-likeness (QED) is 0.319. The number of hydrogen-bond acceptors (Lipinski definition) is 4. The molecule has 56 valence electrons. The second-order valence-corrected chi connectivity index (χ2v) is 3.81. The summed E-state index contributed by atoms with van der Waals surface area (Å²) in [6.45, 7) is 0. The number of hydrogen-bond donors (Lipinski definition) is 2. The molecule has 0 fully saturated rings. The summed E-state index contributed by atoms with van der Waals surface area (Å²) >= 11 is 16.2. The molecule has 0 aromatic rings. The van der Waals surface area contributed by atoms with E-state index < -0.39 is 11.0 Å². The van der Waals surface area contributed by atoms with Crippen molar-refractivity contribution in [2.45, 2.75) is 6.04 Å². The Hall–Kier alpha value is 0.280. The van der Waals surface area contributed by atoms with Gasteiger partial charge in [-0.2, -0.15) is 0 Å². The highest BCUT2D eigenvalue weighted by molar-refractivity contribution is 8.14. The van der Waals surface area contributed by atoms with Crippen molar-refractivity contribution in [3.63, 3.8) is 0 Å². The Morgan fingerprint density at radius 3 is 1.70 bits per heavy atom. The van der Waals surface area contributed by atoms with Gasteiger partial charge in [-0.05, 0) is 0 Å². The van der Waals surface area contributed by atoms with Crippen molar-refractivity contribution in [1.29, 1.82) is 0 Å². The molecule has 0 spiro atoms. The lowest BCUT2D eigenvalue weighted by molar-refractivity contribution is -0.482. The van der Waals surface area contributed by atoms with E-state index in [1.165, 1.54) is 0 Å². The fourth-order valence-corrected chi connectivity index (χ4v) is 1.49. The zero-order chi connectivity index (χ0) is 8.31. The number of nitrogens with zero attached hydrogens (tertiary/aromatic N) is 1. The Labute approximate surface area is 79.1 Å². The van der Waals surface area contributed by atoms with Gasteiger partial charge < -0.3 is 0 Å². The largest absolute Gasteiger partial charge is 0.293 e. The van der Waals surface area contributed by atoms with Crippen molar-refractivity contribution in [1.82, 2.24) is 0 Å². The maximum absolute atomic E-state index is 10.1. The molecule has 0 aromatic carbocycles. The molecule has 0 bridgehead atoms. The van der Waals surface area contributed by atoms with Gasteiger partial charge in [-0.15, -0.1) is 25.3 Å². The van der Waals surface area contributed by atoms with E-state index in [0.29, 0.717) is 0 Å². The zero-order valence-electron chi connectivity index (χ0n) is 4.55. The first kappa shape index (κ1) is 10.3.